The summed E-state index contributed by atoms with van der Waals surface area (Å²) in [5, 5.41) is 10.5. The number of H-pyrrole nitrogens is 1. The van der Waals surface area contributed by atoms with Gasteiger partial charge in [-0.1, -0.05) is 0 Å². The average Bonchev–Trinajstić information content (AvgIpc) is 2.94. The van der Waals surface area contributed by atoms with Crippen molar-refractivity contribution in [2.24, 2.45) is 0 Å². The lowest BCUT2D eigenvalue weighted by Crippen LogP contribution is -2.00. The maximum Gasteiger partial charge on any atom is 0.363 e. The van der Waals surface area contributed by atoms with E-state index < -0.39 is 4.92 Å². The summed E-state index contributed by atoms with van der Waals surface area (Å²) in [6.45, 7) is 0.191. The number of nitro groups is 1. The lowest BCUT2D eigenvalue weighted by molar-refractivity contribution is -0.389. The summed E-state index contributed by atoms with van der Waals surface area (Å²) in [6.07, 6.45) is 4.25. The van der Waals surface area contributed by atoms with Crippen molar-refractivity contribution < 1.29 is 9.66 Å². The van der Waals surface area contributed by atoms with E-state index in [1.807, 2.05) is 0 Å². The predicted octanol–water partition coefficient (Wildman–Crippen LogP) is 1.24. The number of aromatic amines is 1. The van der Waals surface area contributed by atoms with Gasteiger partial charge in [-0.3, -0.25) is 0 Å². The van der Waals surface area contributed by atoms with Crippen molar-refractivity contribution in [1.82, 2.24) is 24.9 Å². The summed E-state index contributed by atoms with van der Waals surface area (Å²) in [5.74, 6) is 0.164. The van der Waals surface area contributed by atoms with Crippen LogP contribution in [0.2, 0.25) is 0 Å². The van der Waals surface area contributed by atoms with Crippen molar-refractivity contribution >= 4 is 17.0 Å². The molecular weight excluding hydrogens is 264 g/mol. The molecule has 0 bridgehead atoms. The number of hydrogen-bond donors (Lipinski definition) is 1. The number of aromatic nitrogens is 5. The van der Waals surface area contributed by atoms with Gasteiger partial charge in [0, 0.05) is 11.6 Å². The molecule has 3 heterocycles. The minimum Gasteiger partial charge on any atom is -0.471 e. The van der Waals surface area contributed by atoms with Crippen LogP contribution >= 0.6 is 0 Å². The summed E-state index contributed by atoms with van der Waals surface area (Å²) in [5.41, 5.74) is 1.81. The van der Waals surface area contributed by atoms with Gasteiger partial charge in [0.05, 0.1) is 6.33 Å². The SMILES string of the molecule is O=[N+]([O-])c1ccc(COc2ncnc3nc[nH]c23)cn1. The van der Waals surface area contributed by atoms with Crippen LogP contribution in [-0.4, -0.2) is 29.8 Å². The largest absolute Gasteiger partial charge is 0.471 e. The van der Waals surface area contributed by atoms with Gasteiger partial charge in [0.15, 0.2) is 5.65 Å². The Hall–Kier alpha value is -3.10. The third kappa shape index (κ3) is 2.23. The highest BCUT2D eigenvalue weighted by Crippen LogP contribution is 2.18. The molecule has 1 N–H and O–H groups in total. The van der Waals surface area contributed by atoms with Crippen molar-refractivity contribution in [2.75, 3.05) is 0 Å². The number of nitrogens with one attached hydrogen (secondary N) is 1. The Bertz CT molecular complexity index is 754. The van der Waals surface area contributed by atoms with E-state index in [4.69, 9.17) is 4.74 Å². The Morgan fingerprint density at radius 1 is 1.25 bits per heavy atom. The second kappa shape index (κ2) is 4.88. The molecule has 0 aliphatic carbocycles. The Labute approximate surface area is 111 Å². The van der Waals surface area contributed by atoms with Crippen LogP contribution in [0.15, 0.2) is 31.0 Å². The Morgan fingerprint density at radius 2 is 2.15 bits per heavy atom. The molecule has 0 spiro atoms. The molecule has 20 heavy (non-hydrogen) atoms. The van der Waals surface area contributed by atoms with Crippen LogP contribution in [0.4, 0.5) is 5.82 Å². The molecule has 3 aromatic rings. The van der Waals surface area contributed by atoms with E-state index in [0.717, 1.165) is 0 Å². The molecule has 0 saturated heterocycles. The first-order valence-electron chi connectivity index (χ1n) is 5.60. The van der Waals surface area contributed by atoms with Crippen molar-refractivity contribution in [1.29, 1.82) is 0 Å². The fourth-order valence-electron chi connectivity index (χ4n) is 1.61. The maximum absolute atomic E-state index is 10.5. The van der Waals surface area contributed by atoms with Gasteiger partial charge in [0.25, 0.3) is 0 Å². The van der Waals surface area contributed by atoms with E-state index in [-0.39, 0.29) is 12.4 Å². The Morgan fingerprint density at radius 3 is 2.90 bits per heavy atom. The van der Waals surface area contributed by atoms with Gasteiger partial charge >= 0.3 is 5.82 Å². The zero-order valence-corrected chi connectivity index (χ0v) is 10.1. The molecule has 9 nitrogen and oxygen atoms in total. The molecule has 0 saturated carbocycles. The molecule has 0 radical (unpaired) electrons. The summed E-state index contributed by atoms with van der Waals surface area (Å²) in [7, 11) is 0. The molecule has 0 aromatic carbocycles. The molecule has 100 valence electrons. The number of rotatable bonds is 4. The van der Waals surface area contributed by atoms with Crippen LogP contribution in [0.25, 0.3) is 11.2 Å². The van der Waals surface area contributed by atoms with Gasteiger partial charge in [-0.2, -0.15) is 4.98 Å². The first kappa shape index (κ1) is 12.0. The van der Waals surface area contributed by atoms with Crippen LogP contribution in [0.3, 0.4) is 0 Å². The van der Waals surface area contributed by atoms with Crippen LogP contribution in [0, 0.1) is 10.1 Å². The van der Waals surface area contributed by atoms with Crippen LogP contribution in [0.1, 0.15) is 5.56 Å². The summed E-state index contributed by atoms with van der Waals surface area (Å²) in [4.78, 5) is 28.5. The van der Waals surface area contributed by atoms with Gasteiger partial charge in [0.2, 0.25) is 5.88 Å². The molecule has 0 aliphatic heterocycles. The van der Waals surface area contributed by atoms with Crippen LogP contribution < -0.4 is 4.74 Å². The number of nitrogens with zero attached hydrogens (tertiary/aromatic N) is 5. The lowest BCUT2D eigenvalue weighted by atomic mass is 10.3. The highest BCUT2D eigenvalue weighted by atomic mass is 16.6. The second-order valence-electron chi connectivity index (χ2n) is 3.85. The number of pyridine rings is 1. The summed E-state index contributed by atoms with van der Waals surface area (Å²) >= 11 is 0. The van der Waals surface area contributed by atoms with E-state index in [1.54, 1.807) is 6.07 Å². The van der Waals surface area contributed by atoms with Crippen molar-refractivity contribution in [3.05, 3.63) is 46.7 Å². The molecule has 0 atom stereocenters. The van der Waals surface area contributed by atoms with Crippen LogP contribution in [-0.2, 0) is 6.61 Å². The lowest BCUT2D eigenvalue weighted by Gasteiger charge is -2.04. The third-order valence-corrected chi connectivity index (χ3v) is 2.56. The smallest absolute Gasteiger partial charge is 0.363 e. The summed E-state index contributed by atoms with van der Waals surface area (Å²) in [6, 6.07) is 2.90. The molecule has 3 rings (SSSR count). The van der Waals surface area contributed by atoms with E-state index >= 15 is 0 Å². The average molecular weight is 272 g/mol. The summed E-state index contributed by atoms with van der Waals surface area (Å²) < 4.78 is 5.53. The van der Waals surface area contributed by atoms with Gasteiger partial charge in [-0.15, -0.1) is 0 Å². The second-order valence-corrected chi connectivity index (χ2v) is 3.85. The van der Waals surface area contributed by atoms with Crippen molar-refractivity contribution in [3.63, 3.8) is 0 Å². The van der Waals surface area contributed by atoms with E-state index in [2.05, 4.69) is 24.9 Å². The number of imidazole rings is 1. The number of hydrogen-bond acceptors (Lipinski definition) is 7. The highest BCUT2D eigenvalue weighted by Gasteiger charge is 2.09. The monoisotopic (exact) mass is 272 g/mol. The van der Waals surface area contributed by atoms with Gasteiger partial charge < -0.3 is 19.8 Å². The predicted molar refractivity (Wildman–Crippen MR) is 66.9 cm³/mol. The molecule has 9 heteroatoms. The quantitative estimate of drug-likeness (QED) is 0.560. The molecule has 0 amide bonds. The fourth-order valence-corrected chi connectivity index (χ4v) is 1.61. The molecule has 3 aromatic heterocycles. The first-order valence-corrected chi connectivity index (χ1v) is 5.60. The normalized spacial score (nSPS) is 10.6. The zero-order valence-electron chi connectivity index (χ0n) is 10.1. The van der Waals surface area contributed by atoms with E-state index in [0.29, 0.717) is 22.6 Å². The minimum absolute atomic E-state index is 0.191. The standard InChI is InChI=1S/C11H8N6O3/c18-17(19)8-2-1-7(3-12-8)4-20-11-9-10(14-5-13-9)15-6-16-11/h1-3,5-6H,4H2,(H,13,14,15,16). The Kier molecular flexibility index (Phi) is 2.92. The minimum atomic E-state index is -0.552. The Balaban J connectivity index is 1.76. The third-order valence-electron chi connectivity index (χ3n) is 2.56. The van der Waals surface area contributed by atoms with Crippen molar-refractivity contribution in [2.45, 2.75) is 6.61 Å². The van der Waals surface area contributed by atoms with Crippen LogP contribution in [0.5, 0.6) is 5.88 Å². The molecule has 0 fully saturated rings. The highest BCUT2D eigenvalue weighted by molar-refractivity contribution is 5.74. The number of ether oxygens (including phenoxy) is 1. The van der Waals surface area contributed by atoms with Gasteiger partial charge in [0.1, 0.15) is 24.6 Å². The molecular formula is C11H8N6O3. The van der Waals surface area contributed by atoms with E-state index in [1.165, 1.54) is 24.9 Å². The van der Waals surface area contributed by atoms with Gasteiger partial charge in [-0.05, 0) is 16.0 Å². The van der Waals surface area contributed by atoms with E-state index in [9.17, 15) is 10.1 Å². The zero-order chi connectivity index (χ0) is 13.9. The van der Waals surface area contributed by atoms with Gasteiger partial charge in [-0.25, -0.2) is 9.97 Å². The van der Waals surface area contributed by atoms with Crippen molar-refractivity contribution in [3.8, 4) is 5.88 Å². The topological polar surface area (TPSA) is 120 Å². The number of fused-ring (bicyclic) bond motifs is 1. The molecule has 0 aliphatic rings. The maximum atomic E-state index is 10.5. The first-order chi connectivity index (χ1) is 9.74. The fraction of sp³-hybridized carbons (Fsp3) is 0.0909. The molecule has 0 unspecified atom stereocenters.